The van der Waals surface area contributed by atoms with E-state index in [4.69, 9.17) is 0 Å². The average molecular weight is 382 g/mol. The van der Waals surface area contributed by atoms with Gasteiger partial charge in [-0.25, -0.2) is 13.4 Å². The molecule has 140 valence electrons. The Hall–Kier alpha value is -2.48. The summed E-state index contributed by atoms with van der Waals surface area (Å²) in [6.07, 6.45) is 3.54. The Morgan fingerprint density at radius 2 is 1.85 bits per heavy atom. The first-order valence-electron chi connectivity index (χ1n) is 8.92. The normalized spacial score (nSPS) is 18.5. The molecular formula is C20H22N4O2S. The molecule has 1 unspecified atom stereocenters. The number of nitrogens with one attached hydrogen (secondary N) is 1. The monoisotopic (exact) mass is 382 g/mol. The molecule has 0 amide bonds. The van der Waals surface area contributed by atoms with Crippen LogP contribution in [-0.4, -0.2) is 41.9 Å². The SMILES string of the molecule is Cn1ccnc1C1CNCCN1S(=O)(=O)c1cccc(-c2ccccc2)c1. The number of hydrogen-bond donors (Lipinski definition) is 1. The van der Waals surface area contributed by atoms with Gasteiger partial charge >= 0.3 is 0 Å². The number of sulfonamides is 1. The highest BCUT2D eigenvalue weighted by Gasteiger charge is 2.36. The van der Waals surface area contributed by atoms with Gasteiger partial charge in [0.15, 0.2) is 0 Å². The molecule has 1 aromatic heterocycles. The molecular weight excluding hydrogens is 360 g/mol. The van der Waals surface area contributed by atoms with Crippen molar-refractivity contribution >= 4 is 10.0 Å². The molecule has 1 atom stereocenters. The lowest BCUT2D eigenvalue weighted by Gasteiger charge is -2.34. The summed E-state index contributed by atoms with van der Waals surface area (Å²) in [5.41, 5.74) is 1.89. The van der Waals surface area contributed by atoms with Gasteiger partial charge in [-0.2, -0.15) is 4.31 Å². The van der Waals surface area contributed by atoms with E-state index in [0.717, 1.165) is 17.0 Å². The van der Waals surface area contributed by atoms with E-state index in [9.17, 15) is 8.42 Å². The van der Waals surface area contributed by atoms with E-state index in [1.165, 1.54) is 0 Å². The van der Waals surface area contributed by atoms with Gasteiger partial charge < -0.3 is 9.88 Å². The largest absolute Gasteiger partial charge is 0.337 e. The summed E-state index contributed by atoms with van der Waals surface area (Å²) >= 11 is 0. The van der Waals surface area contributed by atoms with Crippen LogP contribution in [0.3, 0.4) is 0 Å². The van der Waals surface area contributed by atoms with E-state index < -0.39 is 10.0 Å². The van der Waals surface area contributed by atoms with E-state index in [2.05, 4.69) is 10.3 Å². The summed E-state index contributed by atoms with van der Waals surface area (Å²) in [4.78, 5) is 4.69. The second-order valence-corrected chi connectivity index (χ2v) is 8.52. The van der Waals surface area contributed by atoms with Gasteiger partial charge in [0.05, 0.1) is 10.9 Å². The minimum Gasteiger partial charge on any atom is -0.337 e. The van der Waals surface area contributed by atoms with E-state index in [0.29, 0.717) is 24.5 Å². The standard InChI is InChI=1S/C20H22N4O2S/c1-23-12-11-22-20(23)19-15-21-10-13-24(19)27(25,26)18-9-5-8-17(14-18)16-6-3-2-4-7-16/h2-9,11-12,14,19,21H,10,13,15H2,1H3. The fraction of sp³-hybridized carbons (Fsp3) is 0.250. The summed E-state index contributed by atoms with van der Waals surface area (Å²) < 4.78 is 30.3. The third-order valence-electron chi connectivity index (χ3n) is 4.90. The molecule has 3 aromatic rings. The lowest BCUT2D eigenvalue weighted by molar-refractivity contribution is 0.258. The molecule has 6 nitrogen and oxygen atoms in total. The quantitative estimate of drug-likeness (QED) is 0.753. The maximum atomic E-state index is 13.4. The summed E-state index contributed by atoms with van der Waals surface area (Å²) in [7, 11) is -1.76. The van der Waals surface area contributed by atoms with Crippen molar-refractivity contribution in [2.75, 3.05) is 19.6 Å². The minimum atomic E-state index is -3.64. The van der Waals surface area contributed by atoms with Crippen molar-refractivity contribution in [1.29, 1.82) is 0 Å². The molecule has 27 heavy (non-hydrogen) atoms. The van der Waals surface area contributed by atoms with Crippen molar-refractivity contribution in [2.24, 2.45) is 7.05 Å². The number of nitrogens with zero attached hydrogens (tertiary/aromatic N) is 3. The predicted molar refractivity (Wildman–Crippen MR) is 105 cm³/mol. The van der Waals surface area contributed by atoms with Crippen LogP contribution in [0.5, 0.6) is 0 Å². The Morgan fingerprint density at radius 3 is 2.59 bits per heavy atom. The minimum absolute atomic E-state index is 0.310. The summed E-state index contributed by atoms with van der Waals surface area (Å²) in [6.45, 7) is 1.58. The highest BCUT2D eigenvalue weighted by Crippen LogP contribution is 2.30. The highest BCUT2D eigenvalue weighted by atomic mass is 32.2. The summed E-state index contributed by atoms with van der Waals surface area (Å²) in [5.74, 6) is 0.741. The Bertz CT molecular complexity index is 1030. The molecule has 0 aliphatic carbocycles. The van der Waals surface area contributed by atoms with E-state index in [1.54, 1.807) is 28.7 Å². The zero-order chi connectivity index (χ0) is 18.9. The van der Waals surface area contributed by atoms with Gasteiger partial charge in [0.25, 0.3) is 0 Å². The number of hydrogen-bond acceptors (Lipinski definition) is 4. The third-order valence-corrected chi connectivity index (χ3v) is 6.80. The first kappa shape index (κ1) is 17.9. The second kappa shape index (κ2) is 7.26. The van der Waals surface area contributed by atoms with Crippen molar-refractivity contribution in [3.63, 3.8) is 0 Å². The molecule has 0 radical (unpaired) electrons. The topological polar surface area (TPSA) is 67.2 Å². The average Bonchev–Trinajstić information content (AvgIpc) is 3.14. The molecule has 0 spiro atoms. The van der Waals surface area contributed by atoms with Crippen LogP contribution >= 0.6 is 0 Å². The third kappa shape index (κ3) is 3.41. The highest BCUT2D eigenvalue weighted by molar-refractivity contribution is 7.89. The molecule has 0 saturated carbocycles. The van der Waals surface area contributed by atoms with E-state index >= 15 is 0 Å². The van der Waals surface area contributed by atoms with Crippen LogP contribution < -0.4 is 5.32 Å². The van der Waals surface area contributed by atoms with Crippen LogP contribution in [0.1, 0.15) is 11.9 Å². The molecule has 1 aliphatic heterocycles. The molecule has 0 bridgehead atoms. The first-order valence-corrected chi connectivity index (χ1v) is 10.4. The molecule has 1 saturated heterocycles. The fourth-order valence-electron chi connectivity index (χ4n) is 3.49. The molecule has 4 rings (SSSR count). The maximum absolute atomic E-state index is 13.4. The Morgan fingerprint density at radius 1 is 1.07 bits per heavy atom. The fourth-order valence-corrected chi connectivity index (χ4v) is 5.13. The lowest BCUT2D eigenvalue weighted by atomic mass is 10.1. The van der Waals surface area contributed by atoms with Crippen molar-refractivity contribution < 1.29 is 8.42 Å². The number of rotatable bonds is 4. The number of benzene rings is 2. The van der Waals surface area contributed by atoms with Gasteiger partial charge in [-0.15, -0.1) is 0 Å². The van der Waals surface area contributed by atoms with E-state index in [1.807, 2.05) is 54.2 Å². The van der Waals surface area contributed by atoms with Crippen LogP contribution in [0.15, 0.2) is 71.9 Å². The Labute approximate surface area is 159 Å². The van der Waals surface area contributed by atoms with Crippen LogP contribution in [0.4, 0.5) is 0 Å². The Kier molecular flexibility index (Phi) is 4.82. The van der Waals surface area contributed by atoms with Crippen molar-refractivity contribution in [2.45, 2.75) is 10.9 Å². The van der Waals surface area contributed by atoms with Gasteiger partial charge in [-0.3, -0.25) is 0 Å². The van der Waals surface area contributed by atoms with Crippen LogP contribution in [0, 0.1) is 0 Å². The molecule has 1 N–H and O–H groups in total. The smallest absolute Gasteiger partial charge is 0.243 e. The van der Waals surface area contributed by atoms with Crippen molar-refractivity contribution in [1.82, 2.24) is 19.2 Å². The zero-order valence-electron chi connectivity index (χ0n) is 15.1. The molecule has 1 aliphatic rings. The van der Waals surface area contributed by atoms with Crippen LogP contribution in [0.2, 0.25) is 0 Å². The number of aromatic nitrogens is 2. The summed E-state index contributed by atoms with van der Waals surface area (Å²) in [5, 5.41) is 3.28. The molecule has 2 heterocycles. The van der Waals surface area contributed by atoms with Crippen LogP contribution in [-0.2, 0) is 17.1 Å². The number of aryl methyl sites for hydroxylation is 1. The molecule has 2 aromatic carbocycles. The van der Waals surface area contributed by atoms with Crippen LogP contribution in [0.25, 0.3) is 11.1 Å². The Balaban J connectivity index is 1.73. The second-order valence-electron chi connectivity index (χ2n) is 6.63. The molecule has 7 heteroatoms. The lowest BCUT2D eigenvalue weighted by Crippen LogP contribution is -2.49. The number of piperazine rings is 1. The van der Waals surface area contributed by atoms with Crippen molar-refractivity contribution in [3.8, 4) is 11.1 Å². The maximum Gasteiger partial charge on any atom is 0.243 e. The van der Waals surface area contributed by atoms with Gasteiger partial charge in [0.1, 0.15) is 5.82 Å². The van der Waals surface area contributed by atoms with Gasteiger partial charge in [-0.1, -0.05) is 42.5 Å². The zero-order valence-corrected chi connectivity index (χ0v) is 15.9. The number of imidazole rings is 1. The van der Waals surface area contributed by atoms with E-state index in [-0.39, 0.29) is 6.04 Å². The summed E-state index contributed by atoms with van der Waals surface area (Å²) in [6, 6.07) is 16.6. The molecule has 1 fully saturated rings. The van der Waals surface area contributed by atoms with Gasteiger partial charge in [-0.05, 0) is 23.3 Å². The van der Waals surface area contributed by atoms with Gasteiger partial charge in [0.2, 0.25) is 10.0 Å². The van der Waals surface area contributed by atoms with Gasteiger partial charge in [0, 0.05) is 39.1 Å². The first-order chi connectivity index (χ1) is 13.1. The predicted octanol–water partition coefficient (Wildman–Crippen LogP) is 2.42. The van der Waals surface area contributed by atoms with Crippen molar-refractivity contribution in [3.05, 3.63) is 72.8 Å².